The highest BCUT2D eigenvalue weighted by atomic mass is 16.4. The van der Waals surface area contributed by atoms with Crippen LogP contribution < -0.4 is 10.9 Å². The van der Waals surface area contributed by atoms with Gasteiger partial charge in [-0.05, 0) is 62.4 Å². The minimum absolute atomic E-state index is 0.0248. The van der Waals surface area contributed by atoms with E-state index in [4.69, 9.17) is 8.83 Å². The van der Waals surface area contributed by atoms with Crippen molar-refractivity contribution in [1.29, 1.82) is 0 Å². The highest BCUT2D eigenvalue weighted by Crippen LogP contribution is 2.29. The molecular formula is C27H26N2O4. The highest BCUT2D eigenvalue weighted by molar-refractivity contribution is 5.96. The first-order valence-electron chi connectivity index (χ1n) is 11.2. The van der Waals surface area contributed by atoms with E-state index in [2.05, 4.69) is 16.4 Å². The van der Waals surface area contributed by atoms with Crippen molar-refractivity contribution in [1.82, 2.24) is 10.3 Å². The summed E-state index contributed by atoms with van der Waals surface area (Å²) in [4.78, 5) is 28.5. The Kier molecular flexibility index (Phi) is 5.29. The average molecular weight is 443 g/mol. The molecule has 33 heavy (non-hydrogen) atoms. The second-order valence-electron chi connectivity index (χ2n) is 8.79. The van der Waals surface area contributed by atoms with Gasteiger partial charge in [-0.1, -0.05) is 18.2 Å². The van der Waals surface area contributed by atoms with Gasteiger partial charge < -0.3 is 19.1 Å². The van der Waals surface area contributed by atoms with E-state index in [1.165, 1.54) is 10.9 Å². The molecule has 0 spiro atoms. The molecule has 2 N–H and O–H groups in total. The number of hydrogen-bond acceptors (Lipinski definition) is 4. The van der Waals surface area contributed by atoms with Gasteiger partial charge in [0.15, 0.2) is 0 Å². The van der Waals surface area contributed by atoms with E-state index in [9.17, 15) is 9.59 Å². The van der Waals surface area contributed by atoms with Crippen molar-refractivity contribution in [3.05, 3.63) is 81.5 Å². The quantitative estimate of drug-likeness (QED) is 0.349. The predicted molar refractivity (Wildman–Crippen MR) is 130 cm³/mol. The molecule has 0 aliphatic carbocycles. The van der Waals surface area contributed by atoms with Gasteiger partial charge in [-0.25, -0.2) is 4.79 Å². The summed E-state index contributed by atoms with van der Waals surface area (Å²) in [6, 6.07) is 11.9. The predicted octanol–water partition coefficient (Wildman–Crippen LogP) is 5.32. The first kappa shape index (κ1) is 21.1. The lowest BCUT2D eigenvalue weighted by molar-refractivity contribution is -0.121. The van der Waals surface area contributed by atoms with Crippen LogP contribution >= 0.6 is 0 Å². The van der Waals surface area contributed by atoms with Gasteiger partial charge >= 0.3 is 5.63 Å². The Balaban J connectivity index is 1.29. The molecule has 1 amide bonds. The van der Waals surface area contributed by atoms with Gasteiger partial charge in [-0.2, -0.15) is 0 Å². The Bertz CT molecular complexity index is 1550. The van der Waals surface area contributed by atoms with Crippen molar-refractivity contribution < 1.29 is 13.6 Å². The summed E-state index contributed by atoms with van der Waals surface area (Å²) in [5.41, 5.74) is 5.48. The van der Waals surface area contributed by atoms with E-state index in [1.54, 1.807) is 12.3 Å². The molecule has 0 aliphatic rings. The van der Waals surface area contributed by atoms with Crippen LogP contribution in [0.15, 0.2) is 62.5 Å². The third kappa shape index (κ3) is 3.93. The molecule has 0 bridgehead atoms. The molecule has 0 fully saturated rings. The van der Waals surface area contributed by atoms with Crippen LogP contribution in [0.3, 0.4) is 0 Å². The number of aromatic nitrogens is 1. The molecule has 3 heterocycles. The topological polar surface area (TPSA) is 88.2 Å². The third-order valence-electron chi connectivity index (χ3n) is 6.39. The lowest BCUT2D eigenvalue weighted by Gasteiger charge is -2.14. The van der Waals surface area contributed by atoms with Gasteiger partial charge in [0.25, 0.3) is 0 Å². The number of aryl methyl sites for hydroxylation is 2. The molecule has 2 aromatic carbocycles. The lowest BCUT2D eigenvalue weighted by atomic mass is 10.0. The van der Waals surface area contributed by atoms with E-state index < -0.39 is 5.63 Å². The van der Waals surface area contributed by atoms with E-state index in [-0.39, 0.29) is 18.4 Å². The number of carbonyl (C=O) groups excluding carboxylic acids is 1. The van der Waals surface area contributed by atoms with Gasteiger partial charge in [0.1, 0.15) is 11.2 Å². The van der Waals surface area contributed by atoms with Gasteiger partial charge in [-0.15, -0.1) is 0 Å². The van der Waals surface area contributed by atoms with E-state index in [0.29, 0.717) is 23.2 Å². The van der Waals surface area contributed by atoms with Gasteiger partial charge in [-0.3, -0.25) is 4.79 Å². The molecule has 3 aromatic heterocycles. The minimum atomic E-state index is -0.401. The van der Waals surface area contributed by atoms with Crippen molar-refractivity contribution in [2.45, 2.75) is 46.1 Å². The number of H-pyrrole nitrogens is 1. The van der Waals surface area contributed by atoms with Crippen molar-refractivity contribution in [2.75, 3.05) is 0 Å². The monoisotopic (exact) mass is 442 g/mol. The van der Waals surface area contributed by atoms with Crippen LogP contribution in [0, 0.1) is 13.8 Å². The second kappa shape index (κ2) is 8.28. The number of nitrogens with one attached hydrogen (secondary N) is 2. The second-order valence-corrected chi connectivity index (χ2v) is 8.79. The lowest BCUT2D eigenvalue weighted by Crippen LogP contribution is -2.34. The van der Waals surface area contributed by atoms with Crippen LogP contribution in [-0.2, 0) is 17.6 Å². The normalized spacial score (nSPS) is 12.6. The fourth-order valence-electron chi connectivity index (χ4n) is 4.59. The molecule has 6 heteroatoms. The molecule has 5 aromatic rings. The van der Waals surface area contributed by atoms with Gasteiger partial charge in [0.05, 0.1) is 6.26 Å². The summed E-state index contributed by atoms with van der Waals surface area (Å²) in [6.07, 6.45) is 4.97. The standard InChI is InChI=1S/C27H26N2O4/c1-15-14-32-24-12-25-22(11-21(15)24)17(3)19(27(31)33-25)8-9-26(30)29-16(2)10-18-13-28-23-7-5-4-6-20(18)23/h4-7,11-14,16,28H,8-10H2,1-3H3,(H,29,30). The number of hydrogen-bond donors (Lipinski definition) is 2. The largest absolute Gasteiger partial charge is 0.464 e. The van der Waals surface area contributed by atoms with Crippen LogP contribution in [0.5, 0.6) is 0 Å². The number of fused-ring (bicyclic) bond motifs is 3. The number of aromatic amines is 1. The zero-order chi connectivity index (χ0) is 23.1. The van der Waals surface area contributed by atoms with Crippen LogP contribution in [0.4, 0.5) is 0 Å². The van der Waals surface area contributed by atoms with Crippen molar-refractivity contribution >= 4 is 38.7 Å². The highest BCUT2D eigenvalue weighted by Gasteiger charge is 2.16. The Morgan fingerprint density at radius 1 is 1.09 bits per heavy atom. The summed E-state index contributed by atoms with van der Waals surface area (Å²) >= 11 is 0. The number of amides is 1. The minimum Gasteiger partial charge on any atom is -0.464 e. The van der Waals surface area contributed by atoms with Gasteiger partial charge in [0.2, 0.25) is 5.91 Å². The number of furan rings is 1. The zero-order valence-corrected chi connectivity index (χ0v) is 19.0. The molecule has 6 nitrogen and oxygen atoms in total. The van der Waals surface area contributed by atoms with Crippen LogP contribution in [0.2, 0.25) is 0 Å². The molecular weight excluding hydrogens is 416 g/mol. The molecule has 0 aliphatic heterocycles. The first-order chi connectivity index (χ1) is 15.9. The summed E-state index contributed by atoms with van der Waals surface area (Å²) in [5, 5.41) is 6.10. The van der Waals surface area contributed by atoms with E-state index >= 15 is 0 Å². The summed E-state index contributed by atoms with van der Waals surface area (Å²) < 4.78 is 11.1. The van der Waals surface area contributed by atoms with Crippen molar-refractivity contribution in [2.24, 2.45) is 0 Å². The Hall–Kier alpha value is -3.80. The fraction of sp³-hybridized carbons (Fsp3) is 0.259. The molecule has 0 saturated carbocycles. The Labute approximate surface area is 190 Å². The molecule has 0 radical (unpaired) electrons. The molecule has 1 atom stereocenters. The number of rotatable bonds is 6. The number of para-hydroxylation sites is 1. The maximum atomic E-state index is 12.6. The summed E-state index contributed by atoms with van der Waals surface area (Å²) in [5.74, 6) is -0.0811. The van der Waals surface area contributed by atoms with Crippen molar-refractivity contribution in [3.63, 3.8) is 0 Å². The van der Waals surface area contributed by atoms with Crippen LogP contribution in [0.1, 0.15) is 35.6 Å². The fourth-order valence-corrected chi connectivity index (χ4v) is 4.59. The maximum Gasteiger partial charge on any atom is 0.339 e. The number of carbonyl (C=O) groups is 1. The maximum absolute atomic E-state index is 12.6. The smallest absolute Gasteiger partial charge is 0.339 e. The average Bonchev–Trinajstić information content (AvgIpc) is 3.36. The summed E-state index contributed by atoms with van der Waals surface area (Å²) in [6.45, 7) is 5.88. The molecule has 5 rings (SSSR count). The Morgan fingerprint density at radius 2 is 1.91 bits per heavy atom. The zero-order valence-electron chi connectivity index (χ0n) is 19.0. The van der Waals surface area contributed by atoms with Crippen molar-refractivity contribution in [3.8, 4) is 0 Å². The molecule has 168 valence electrons. The van der Waals surface area contributed by atoms with E-state index in [1.807, 2.05) is 51.2 Å². The first-order valence-corrected chi connectivity index (χ1v) is 11.2. The summed E-state index contributed by atoms with van der Waals surface area (Å²) in [7, 11) is 0. The molecule has 1 unspecified atom stereocenters. The van der Waals surface area contributed by atoms with Gasteiger partial charge in [0, 0.05) is 52.0 Å². The Morgan fingerprint density at radius 3 is 2.76 bits per heavy atom. The van der Waals surface area contributed by atoms with Crippen LogP contribution in [0.25, 0.3) is 32.8 Å². The number of benzene rings is 2. The molecule has 0 saturated heterocycles. The SMILES string of the molecule is Cc1coc2cc3oc(=O)c(CCC(=O)NC(C)Cc4c[nH]c5ccccc45)c(C)c3cc12. The third-order valence-corrected chi connectivity index (χ3v) is 6.39. The van der Waals surface area contributed by atoms with Crippen LogP contribution in [-0.4, -0.2) is 16.9 Å². The van der Waals surface area contributed by atoms with E-state index in [0.717, 1.165) is 33.8 Å².